The molecule has 0 aromatic carbocycles. The number of nitrogens with zero attached hydrogens (tertiary/aromatic N) is 2. The molecular weight excluding hydrogens is 290 g/mol. The first-order chi connectivity index (χ1) is 10.1. The number of rotatable bonds is 6. The van der Waals surface area contributed by atoms with Crippen LogP contribution in [0.25, 0.3) is 10.2 Å². The van der Waals surface area contributed by atoms with E-state index in [0.717, 1.165) is 22.2 Å². The lowest BCUT2D eigenvalue weighted by Gasteiger charge is -2.05. The molecule has 0 aliphatic carbocycles. The third-order valence-electron chi connectivity index (χ3n) is 3.01. The van der Waals surface area contributed by atoms with Crippen molar-refractivity contribution >= 4 is 27.5 Å². The summed E-state index contributed by atoms with van der Waals surface area (Å²) in [5, 5.41) is 3.68. The summed E-state index contributed by atoms with van der Waals surface area (Å²) in [6.07, 6.45) is 0.900. The van der Waals surface area contributed by atoms with E-state index in [-0.39, 0.29) is 5.91 Å². The summed E-state index contributed by atoms with van der Waals surface area (Å²) in [6, 6.07) is 0. The fourth-order valence-corrected chi connectivity index (χ4v) is 3.13. The van der Waals surface area contributed by atoms with Crippen LogP contribution in [0.1, 0.15) is 34.4 Å². The molecule has 2 aromatic heterocycles. The van der Waals surface area contributed by atoms with E-state index in [1.54, 1.807) is 14.2 Å². The van der Waals surface area contributed by atoms with E-state index in [1.165, 1.54) is 11.3 Å². The van der Waals surface area contributed by atoms with Crippen LogP contribution in [0.2, 0.25) is 0 Å². The molecule has 0 fully saturated rings. The number of nitrogens with one attached hydrogen (secondary N) is 1. The Morgan fingerprint density at radius 1 is 1.33 bits per heavy atom. The van der Waals surface area contributed by atoms with E-state index < -0.39 is 0 Å². The van der Waals surface area contributed by atoms with Crippen LogP contribution >= 0.6 is 11.3 Å². The highest BCUT2D eigenvalue weighted by molar-refractivity contribution is 7.20. The quantitative estimate of drug-likeness (QED) is 0.886. The van der Waals surface area contributed by atoms with Crippen molar-refractivity contribution in [2.75, 3.05) is 20.8 Å². The zero-order valence-corrected chi connectivity index (χ0v) is 13.5. The Labute approximate surface area is 127 Å². The van der Waals surface area contributed by atoms with Gasteiger partial charge < -0.3 is 14.8 Å². The van der Waals surface area contributed by atoms with Gasteiger partial charge in [0.25, 0.3) is 5.91 Å². The Balaban J connectivity index is 2.51. The number of aromatic nitrogens is 2. The monoisotopic (exact) mass is 309 g/mol. The average Bonchev–Trinajstić information content (AvgIpc) is 2.81. The van der Waals surface area contributed by atoms with Crippen molar-refractivity contribution in [2.24, 2.45) is 0 Å². The van der Waals surface area contributed by atoms with Crippen molar-refractivity contribution < 1.29 is 14.3 Å². The normalized spacial score (nSPS) is 10.9. The maximum Gasteiger partial charge on any atom is 0.261 e. The maximum atomic E-state index is 12.2. The molecule has 0 bridgehead atoms. The number of methoxy groups -OCH3 is 2. The van der Waals surface area contributed by atoms with Crippen LogP contribution in [0.4, 0.5) is 0 Å². The molecule has 2 aromatic rings. The van der Waals surface area contributed by atoms with Crippen LogP contribution in [0, 0.1) is 6.92 Å². The second-order valence-corrected chi connectivity index (χ2v) is 5.57. The number of ether oxygens (including phenoxy) is 2. The lowest BCUT2D eigenvalue weighted by molar-refractivity contribution is 0.0957. The first-order valence-electron chi connectivity index (χ1n) is 6.73. The minimum Gasteiger partial charge on any atom is -0.480 e. The molecule has 0 aliphatic heterocycles. The second-order valence-electron chi connectivity index (χ2n) is 4.57. The predicted octanol–water partition coefficient (Wildman–Crippen LogP) is 2.29. The maximum absolute atomic E-state index is 12.2. The van der Waals surface area contributed by atoms with E-state index in [4.69, 9.17) is 9.47 Å². The van der Waals surface area contributed by atoms with Crippen LogP contribution in [0.15, 0.2) is 0 Å². The van der Waals surface area contributed by atoms with E-state index >= 15 is 0 Å². The van der Waals surface area contributed by atoms with Crippen molar-refractivity contribution in [3.05, 3.63) is 16.3 Å². The minimum atomic E-state index is -0.0762. The molecule has 0 atom stereocenters. The average molecular weight is 309 g/mol. The van der Waals surface area contributed by atoms with Crippen molar-refractivity contribution in [2.45, 2.75) is 26.9 Å². The Hall–Kier alpha value is -1.73. The number of thiophene rings is 1. The SMILES string of the molecule is CCCNC(=O)c1sc2nc(COC)nc(OC)c2c1C. The van der Waals surface area contributed by atoms with Gasteiger partial charge in [0.15, 0.2) is 5.82 Å². The number of aryl methyl sites for hydroxylation is 1. The molecule has 21 heavy (non-hydrogen) atoms. The Morgan fingerprint density at radius 3 is 2.71 bits per heavy atom. The van der Waals surface area contributed by atoms with Gasteiger partial charge in [0.1, 0.15) is 11.4 Å². The van der Waals surface area contributed by atoms with Crippen molar-refractivity contribution in [1.82, 2.24) is 15.3 Å². The van der Waals surface area contributed by atoms with Gasteiger partial charge in [-0.3, -0.25) is 4.79 Å². The Kier molecular flexibility index (Phi) is 5.08. The van der Waals surface area contributed by atoms with Crippen molar-refractivity contribution in [3.8, 4) is 5.88 Å². The zero-order chi connectivity index (χ0) is 15.4. The lowest BCUT2D eigenvalue weighted by atomic mass is 10.2. The van der Waals surface area contributed by atoms with Crippen LogP contribution in [-0.4, -0.2) is 36.6 Å². The van der Waals surface area contributed by atoms with Gasteiger partial charge in [-0.1, -0.05) is 6.92 Å². The van der Waals surface area contributed by atoms with Crippen LogP contribution in [-0.2, 0) is 11.3 Å². The summed E-state index contributed by atoms with van der Waals surface area (Å²) in [6.45, 7) is 4.87. The molecule has 6 nitrogen and oxygen atoms in total. The third kappa shape index (κ3) is 3.14. The Bertz CT molecular complexity index is 654. The van der Waals surface area contributed by atoms with E-state index in [2.05, 4.69) is 15.3 Å². The summed E-state index contributed by atoms with van der Waals surface area (Å²) >= 11 is 1.35. The van der Waals surface area contributed by atoms with Gasteiger partial charge in [-0.15, -0.1) is 11.3 Å². The highest BCUT2D eigenvalue weighted by Gasteiger charge is 2.20. The van der Waals surface area contributed by atoms with Crippen LogP contribution in [0.5, 0.6) is 5.88 Å². The van der Waals surface area contributed by atoms with E-state index in [9.17, 15) is 4.79 Å². The highest BCUT2D eigenvalue weighted by atomic mass is 32.1. The van der Waals surface area contributed by atoms with Crippen molar-refractivity contribution in [1.29, 1.82) is 0 Å². The van der Waals surface area contributed by atoms with E-state index in [0.29, 0.717) is 29.7 Å². The molecule has 0 aliphatic rings. The fraction of sp³-hybridized carbons (Fsp3) is 0.500. The number of fused-ring (bicyclic) bond motifs is 1. The topological polar surface area (TPSA) is 73.3 Å². The van der Waals surface area contributed by atoms with Crippen LogP contribution < -0.4 is 10.1 Å². The molecular formula is C14H19N3O3S. The summed E-state index contributed by atoms with van der Waals surface area (Å²) in [5.74, 6) is 0.951. The number of hydrogen-bond donors (Lipinski definition) is 1. The van der Waals surface area contributed by atoms with Gasteiger partial charge in [0.2, 0.25) is 5.88 Å². The molecule has 1 amide bonds. The summed E-state index contributed by atoms with van der Waals surface area (Å²) in [5.41, 5.74) is 0.851. The number of amides is 1. The predicted molar refractivity (Wildman–Crippen MR) is 82.0 cm³/mol. The minimum absolute atomic E-state index is 0.0762. The van der Waals surface area contributed by atoms with Gasteiger partial charge in [-0.05, 0) is 18.9 Å². The summed E-state index contributed by atoms with van der Waals surface area (Å²) < 4.78 is 10.4. The second kappa shape index (κ2) is 6.82. The highest BCUT2D eigenvalue weighted by Crippen LogP contribution is 2.34. The van der Waals surface area contributed by atoms with Crippen molar-refractivity contribution in [3.63, 3.8) is 0 Å². The summed E-state index contributed by atoms with van der Waals surface area (Å²) in [7, 11) is 3.15. The molecule has 7 heteroatoms. The number of hydrogen-bond acceptors (Lipinski definition) is 6. The zero-order valence-electron chi connectivity index (χ0n) is 12.6. The first kappa shape index (κ1) is 15.7. The summed E-state index contributed by atoms with van der Waals surface area (Å²) in [4.78, 5) is 22.3. The first-order valence-corrected chi connectivity index (χ1v) is 7.55. The number of carbonyl (C=O) groups excluding carboxylic acids is 1. The molecule has 114 valence electrons. The molecule has 0 unspecified atom stereocenters. The molecule has 0 spiro atoms. The van der Waals surface area contributed by atoms with Gasteiger partial charge in [-0.25, -0.2) is 4.98 Å². The van der Waals surface area contributed by atoms with Gasteiger partial charge >= 0.3 is 0 Å². The van der Waals surface area contributed by atoms with Crippen LogP contribution in [0.3, 0.4) is 0 Å². The fourth-order valence-electron chi connectivity index (χ4n) is 2.02. The van der Waals surface area contributed by atoms with Gasteiger partial charge in [0, 0.05) is 13.7 Å². The molecule has 1 N–H and O–H groups in total. The lowest BCUT2D eigenvalue weighted by Crippen LogP contribution is -2.23. The number of carbonyl (C=O) groups is 1. The molecule has 2 rings (SSSR count). The van der Waals surface area contributed by atoms with E-state index in [1.807, 2.05) is 13.8 Å². The Morgan fingerprint density at radius 2 is 2.10 bits per heavy atom. The standard InChI is InChI=1S/C14H19N3O3S/c1-5-6-15-12(18)11-8(2)10-13(20-4)16-9(7-19-3)17-14(10)21-11/h5-7H2,1-4H3,(H,15,18). The molecule has 0 saturated heterocycles. The third-order valence-corrected chi connectivity index (χ3v) is 4.20. The molecule has 0 radical (unpaired) electrons. The smallest absolute Gasteiger partial charge is 0.261 e. The molecule has 0 saturated carbocycles. The molecule has 2 heterocycles. The largest absolute Gasteiger partial charge is 0.480 e. The van der Waals surface area contributed by atoms with Gasteiger partial charge in [0.05, 0.1) is 17.4 Å². The van der Waals surface area contributed by atoms with Gasteiger partial charge in [-0.2, -0.15) is 4.98 Å².